The third-order valence-corrected chi connectivity index (χ3v) is 3.59. The van der Waals surface area contributed by atoms with Crippen LogP contribution in [0, 0.1) is 29.6 Å². The molecular weight excluding hydrogens is 280 g/mol. The average Bonchev–Trinajstić information content (AvgIpc) is 2.79. The summed E-state index contributed by atoms with van der Waals surface area (Å²) in [6.07, 6.45) is 2.09. The van der Waals surface area contributed by atoms with E-state index >= 15 is 0 Å². The molecule has 1 atom stereocenters. The first kappa shape index (κ1) is 17.5. The van der Waals surface area contributed by atoms with Crippen molar-refractivity contribution < 1.29 is 9.90 Å². The van der Waals surface area contributed by atoms with Crippen molar-refractivity contribution in [1.29, 1.82) is 10.5 Å². The Bertz CT molecular complexity index is 659. The highest BCUT2D eigenvalue weighted by molar-refractivity contribution is 6.01. The fourth-order valence-electron chi connectivity index (χ4n) is 1.93. The smallest absolute Gasteiger partial charge is 0.261 e. The monoisotopic (exact) mass is 300 g/mol. The van der Waals surface area contributed by atoms with Crippen LogP contribution in [0.25, 0.3) is 6.08 Å². The van der Waals surface area contributed by atoms with Gasteiger partial charge in [-0.05, 0) is 37.5 Å². The molecule has 6 nitrogen and oxygen atoms in total. The van der Waals surface area contributed by atoms with E-state index in [0.717, 1.165) is 5.69 Å². The van der Waals surface area contributed by atoms with Gasteiger partial charge in [0.25, 0.3) is 5.91 Å². The predicted molar refractivity (Wildman–Crippen MR) is 82.4 cm³/mol. The van der Waals surface area contributed by atoms with Crippen molar-refractivity contribution in [3.05, 3.63) is 28.6 Å². The summed E-state index contributed by atoms with van der Waals surface area (Å²) in [7, 11) is 1.75. The van der Waals surface area contributed by atoms with E-state index in [4.69, 9.17) is 10.5 Å². The van der Waals surface area contributed by atoms with Crippen LogP contribution < -0.4 is 5.32 Å². The van der Waals surface area contributed by atoms with Crippen LogP contribution in [-0.2, 0) is 11.8 Å². The molecule has 6 heteroatoms. The molecule has 1 aromatic heterocycles. The molecule has 0 spiro atoms. The molecule has 1 rings (SSSR count). The SMILES string of the molecule is CCC(O)CCNC(=O)/C(C#N)=C/c1cc(C#N)n(C)c1C. The highest BCUT2D eigenvalue weighted by Crippen LogP contribution is 2.16. The first-order valence-electron chi connectivity index (χ1n) is 7.09. The summed E-state index contributed by atoms with van der Waals surface area (Å²) in [4.78, 5) is 12.0. The van der Waals surface area contributed by atoms with Crippen molar-refractivity contribution in [2.24, 2.45) is 7.05 Å². The van der Waals surface area contributed by atoms with Crippen LogP contribution in [0.5, 0.6) is 0 Å². The Labute approximate surface area is 130 Å². The van der Waals surface area contributed by atoms with Crippen LogP contribution in [-0.4, -0.2) is 28.2 Å². The van der Waals surface area contributed by atoms with Crippen LogP contribution in [0.1, 0.15) is 36.7 Å². The fraction of sp³-hybridized carbons (Fsp3) is 0.438. The topological polar surface area (TPSA) is 102 Å². The number of aliphatic hydroxyl groups excluding tert-OH is 1. The first-order valence-corrected chi connectivity index (χ1v) is 7.09. The number of carbonyl (C=O) groups excluding carboxylic acids is 1. The van der Waals surface area contributed by atoms with Gasteiger partial charge in [-0.3, -0.25) is 4.79 Å². The Morgan fingerprint density at radius 2 is 2.23 bits per heavy atom. The molecule has 0 saturated carbocycles. The number of hydrogen-bond donors (Lipinski definition) is 2. The van der Waals surface area contributed by atoms with Crippen molar-refractivity contribution in [2.75, 3.05) is 6.54 Å². The molecule has 0 fully saturated rings. The lowest BCUT2D eigenvalue weighted by Gasteiger charge is -2.08. The number of carbonyl (C=O) groups is 1. The zero-order valence-electron chi connectivity index (χ0n) is 13.1. The van der Waals surface area contributed by atoms with E-state index in [1.54, 1.807) is 17.7 Å². The van der Waals surface area contributed by atoms with Gasteiger partial charge in [0.05, 0.1) is 6.10 Å². The minimum absolute atomic E-state index is 0.0239. The van der Waals surface area contributed by atoms with Gasteiger partial charge < -0.3 is 15.0 Å². The average molecular weight is 300 g/mol. The summed E-state index contributed by atoms with van der Waals surface area (Å²) in [6, 6.07) is 5.56. The molecule has 0 aliphatic rings. The maximum absolute atomic E-state index is 12.0. The lowest BCUT2D eigenvalue weighted by atomic mass is 10.1. The third kappa shape index (κ3) is 4.21. The highest BCUT2D eigenvalue weighted by Gasteiger charge is 2.12. The van der Waals surface area contributed by atoms with E-state index in [2.05, 4.69) is 11.4 Å². The van der Waals surface area contributed by atoms with E-state index in [0.29, 0.717) is 30.6 Å². The Hall–Kier alpha value is -2.57. The van der Waals surface area contributed by atoms with Crippen LogP contribution >= 0.6 is 0 Å². The van der Waals surface area contributed by atoms with Gasteiger partial charge in [-0.2, -0.15) is 10.5 Å². The van der Waals surface area contributed by atoms with Gasteiger partial charge in [-0.25, -0.2) is 0 Å². The van der Waals surface area contributed by atoms with Crippen LogP contribution in [0.2, 0.25) is 0 Å². The molecule has 1 unspecified atom stereocenters. The zero-order chi connectivity index (χ0) is 16.7. The van der Waals surface area contributed by atoms with Crippen molar-refractivity contribution in [3.8, 4) is 12.1 Å². The zero-order valence-corrected chi connectivity index (χ0v) is 13.1. The molecule has 1 amide bonds. The molecule has 116 valence electrons. The summed E-state index contributed by atoms with van der Waals surface area (Å²) >= 11 is 0. The van der Waals surface area contributed by atoms with Gasteiger partial charge in [0, 0.05) is 19.3 Å². The minimum Gasteiger partial charge on any atom is -0.393 e. The van der Waals surface area contributed by atoms with Crippen LogP contribution in [0.3, 0.4) is 0 Å². The third-order valence-electron chi connectivity index (χ3n) is 3.59. The van der Waals surface area contributed by atoms with Crippen molar-refractivity contribution in [2.45, 2.75) is 32.8 Å². The lowest BCUT2D eigenvalue weighted by molar-refractivity contribution is -0.117. The van der Waals surface area contributed by atoms with E-state index in [-0.39, 0.29) is 5.57 Å². The molecule has 0 bridgehead atoms. The molecule has 0 saturated heterocycles. The Kier molecular flexibility index (Phi) is 6.37. The Morgan fingerprint density at radius 1 is 1.55 bits per heavy atom. The standard InChI is InChI=1S/C16H20N4O2/c1-4-15(21)5-6-19-16(22)13(9-17)7-12-8-14(10-18)20(3)11(12)2/h7-8,15,21H,4-6H2,1-3H3,(H,19,22)/b13-7+. The number of amides is 1. The predicted octanol–water partition coefficient (Wildman–Crippen LogP) is 1.39. The molecule has 0 aliphatic heterocycles. The second-order valence-corrected chi connectivity index (χ2v) is 5.02. The number of nitrogens with one attached hydrogen (secondary N) is 1. The highest BCUT2D eigenvalue weighted by atomic mass is 16.3. The van der Waals surface area contributed by atoms with E-state index in [1.807, 2.05) is 19.9 Å². The second-order valence-electron chi connectivity index (χ2n) is 5.02. The number of aromatic nitrogens is 1. The van der Waals surface area contributed by atoms with Crippen LogP contribution in [0.15, 0.2) is 11.6 Å². The van der Waals surface area contributed by atoms with Crippen molar-refractivity contribution >= 4 is 12.0 Å². The summed E-state index contributed by atoms with van der Waals surface area (Å²) in [5, 5.41) is 30.2. The molecule has 0 radical (unpaired) electrons. The van der Waals surface area contributed by atoms with Gasteiger partial charge in [0.1, 0.15) is 23.4 Å². The summed E-state index contributed by atoms with van der Waals surface area (Å²) in [6.45, 7) is 3.99. The number of aliphatic hydroxyl groups is 1. The molecule has 2 N–H and O–H groups in total. The quantitative estimate of drug-likeness (QED) is 0.612. The van der Waals surface area contributed by atoms with Crippen molar-refractivity contribution in [1.82, 2.24) is 9.88 Å². The van der Waals surface area contributed by atoms with Gasteiger partial charge in [-0.1, -0.05) is 6.92 Å². The number of nitrogens with zero attached hydrogens (tertiary/aromatic N) is 3. The lowest BCUT2D eigenvalue weighted by Crippen LogP contribution is -2.27. The molecule has 0 aromatic carbocycles. The summed E-state index contributed by atoms with van der Waals surface area (Å²) in [5.74, 6) is -0.479. The Morgan fingerprint density at radius 3 is 2.73 bits per heavy atom. The molecule has 0 aliphatic carbocycles. The maximum atomic E-state index is 12.0. The van der Waals surface area contributed by atoms with Crippen molar-refractivity contribution in [3.63, 3.8) is 0 Å². The summed E-state index contributed by atoms with van der Waals surface area (Å²) in [5.41, 5.74) is 1.91. The van der Waals surface area contributed by atoms with E-state index < -0.39 is 12.0 Å². The van der Waals surface area contributed by atoms with Gasteiger partial charge in [0.15, 0.2) is 0 Å². The molecule has 1 aromatic rings. The second kappa shape index (κ2) is 8.02. The maximum Gasteiger partial charge on any atom is 0.261 e. The van der Waals surface area contributed by atoms with Gasteiger partial charge in [0.2, 0.25) is 0 Å². The largest absolute Gasteiger partial charge is 0.393 e. The number of nitriles is 2. The number of hydrogen-bond acceptors (Lipinski definition) is 4. The first-order chi connectivity index (χ1) is 10.4. The minimum atomic E-state index is -0.479. The summed E-state index contributed by atoms with van der Waals surface area (Å²) < 4.78 is 1.70. The van der Waals surface area contributed by atoms with E-state index in [1.165, 1.54) is 6.08 Å². The Balaban J connectivity index is 2.86. The normalized spacial score (nSPS) is 12.4. The number of rotatable bonds is 6. The van der Waals surface area contributed by atoms with Gasteiger partial charge >= 0.3 is 0 Å². The van der Waals surface area contributed by atoms with Crippen LogP contribution in [0.4, 0.5) is 0 Å². The molecule has 1 heterocycles. The fourth-order valence-corrected chi connectivity index (χ4v) is 1.93. The molecule has 22 heavy (non-hydrogen) atoms. The van der Waals surface area contributed by atoms with E-state index in [9.17, 15) is 9.90 Å². The molecular formula is C16H20N4O2. The van der Waals surface area contributed by atoms with Gasteiger partial charge in [-0.15, -0.1) is 0 Å².